The standard InChI is InChI=1S/C17H25N7OS/c1-22(2)8-13-9-24(21-20-13)10-14-7-12-3-5-23(14)11-15(12)16(25)19-17-18-4-6-26-17/h4,6,9,12,14-15H,3,5,7-8,10-11H2,1-2H3,(H,18,19,25)/t12?,14-,15+/m1/s1. The molecule has 2 aromatic rings. The number of fused-ring (bicyclic) bond motifs is 3. The maximum atomic E-state index is 12.6. The molecule has 0 aliphatic carbocycles. The first kappa shape index (κ1) is 17.6. The number of nitrogens with one attached hydrogen (secondary N) is 1. The Morgan fingerprint density at radius 3 is 3.04 bits per heavy atom. The number of nitrogens with zero attached hydrogens (tertiary/aromatic N) is 6. The van der Waals surface area contributed by atoms with Gasteiger partial charge in [0.25, 0.3) is 0 Å². The summed E-state index contributed by atoms with van der Waals surface area (Å²) in [5.41, 5.74) is 0.992. The second-order valence-electron chi connectivity index (χ2n) is 7.54. The lowest BCUT2D eigenvalue weighted by Crippen LogP contribution is -2.57. The van der Waals surface area contributed by atoms with Crippen LogP contribution in [0.1, 0.15) is 18.5 Å². The Morgan fingerprint density at radius 1 is 1.46 bits per heavy atom. The van der Waals surface area contributed by atoms with E-state index < -0.39 is 0 Å². The molecule has 26 heavy (non-hydrogen) atoms. The number of thiazole rings is 1. The van der Waals surface area contributed by atoms with Gasteiger partial charge in [0, 0.05) is 36.9 Å². The predicted octanol–water partition coefficient (Wildman–Crippen LogP) is 1.15. The van der Waals surface area contributed by atoms with Gasteiger partial charge in [-0.1, -0.05) is 5.21 Å². The maximum absolute atomic E-state index is 12.6. The number of anilines is 1. The molecule has 3 saturated heterocycles. The molecule has 8 nitrogen and oxygen atoms in total. The smallest absolute Gasteiger partial charge is 0.230 e. The Hall–Kier alpha value is -1.84. The van der Waals surface area contributed by atoms with Crippen LogP contribution in [0.4, 0.5) is 5.13 Å². The first-order valence-electron chi connectivity index (χ1n) is 9.06. The molecule has 4 atom stereocenters. The largest absolute Gasteiger partial charge is 0.303 e. The maximum Gasteiger partial charge on any atom is 0.230 e. The lowest BCUT2D eigenvalue weighted by Gasteiger charge is -2.49. The van der Waals surface area contributed by atoms with Crippen molar-refractivity contribution in [3.63, 3.8) is 0 Å². The van der Waals surface area contributed by atoms with Gasteiger partial charge in [-0.05, 0) is 39.4 Å². The van der Waals surface area contributed by atoms with Gasteiger partial charge in [0.15, 0.2) is 5.13 Å². The Balaban J connectivity index is 1.36. The lowest BCUT2D eigenvalue weighted by atomic mass is 9.75. The third kappa shape index (κ3) is 3.79. The summed E-state index contributed by atoms with van der Waals surface area (Å²) in [6.07, 6.45) is 5.89. The molecule has 0 aromatic carbocycles. The first-order valence-corrected chi connectivity index (χ1v) is 9.94. The molecule has 2 unspecified atom stereocenters. The van der Waals surface area contributed by atoms with Crippen LogP contribution < -0.4 is 5.32 Å². The van der Waals surface area contributed by atoms with Crippen LogP contribution in [0.5, 0.6) is 0 Å². The van der Waals surface area contributed by atoms with E-state index in [0.29, 0.717) is 17.1 Å². The number of hydrogen-bond donors (Lipinski definition) is 1. The fourth-order valence-electron chi connectivity index (χ4n) is 4.15. The topological polar surface area (TPSA) is 79.2 Å². The summed E-state index contributed by atoms with van der Waals surface area (Å²) in [6, 6.07) is 0.437. The van der Waals surface area contributed by atoms with Crippen molar-refractivity contribution in [2.75, 3.05) is 32.5 Å². The zero-order valence-electron chi connectivity index (χ0n) is 15.2. The highest BCUT2D eigenvalue weighted by atomic mass is 32.1. The molecule has 1 amide bonds. The Kier molecular flexibility index (Phi) is 5.01. The van der Waals surface area contributed by atoms with Gasteiger partial charge in [0.05, 0.1) is 18.2 Å². The Bertz CT molecular complexity index is 744. The summed E-state index contributed by atoms with van der Waals surface area (Å²) in [6.45, 7) is 3.54. The highest BCUT2D eigenvalue weighted by Crippen LogP contribution is 2.37. The van der Waals surface area contributed by atoms with Gasteiger partial charge < -0.3 is 10.2 Å². The zero-order chi connectivity index (χ0) is 18.1. The van der Waals surface area contributed by atoms with Crippen molar-refractivity contribution >= 4 is 22.4 Å². The molecule has 3 fully saturated rings. The van der Waals surface area contributed by atoms with Crippen LogP contribution in [0.25, 0.3) is 0 Å². The average Bonchev–Trinajstić information content (AvgIpc) is 3.27. The van der Waals surface area contributed by atoms with Crippen molar-refractivity contribution < 1.29 is 4.79 Å². The van der Waals surface area contributed by atoms with Gasteiger partial charge in [-0.3, -0.25) is 14.4 Å². The van der Waals surface area contributed by atoms with Crippen molar-refractivity contribution in [1.82, 2.24) is 29.8 Å². The Morgan fingerprint density at radius 2 is 2.35 bits per heavy atom. The minimum Gasteiger partial charge on any atom is -0.303 e. The number of aromatic nitrogens is 4. The number of carbonyl (C=O) groups excluding carboxylic acids is 1. The fraction of sp³-hybridized carbons (Fsp3) is 0.647. The van der Waals surface area contributed by atoms with Crippen LogP contribution in [0, 0.1) is 11.8 Å². The highest BCUT2D eigenvalue weighted by molar-refractivity contribution is 7.13. The molecule has 3 aliphatic heterocycles. The lowest BCUT2D eigenvalue weighted by molar-refractivity contribution is -0.127. The molecule has 5 rings (SSSR count). The number of amides is 1. The van der Waals surface area contributed by atoms with Crippen molar-refractivity contribution in [2.45, 2.75) is 32.0 Å². The summed E-state index contributed by atoms with van der Waals surface area (Å²) in [4.78, 5) is 21.3. The van der Waals surface area contributed by atoms with E-state index >= 15 is 0 Å². The molecule has 3 aliphatic rings. The van der Waals surface area contributed by atoms with Gasteiger partial charge in [0.1, 0.15) is 0 Å². The molecule has 1 N–H and O–H groups in total. The van der Waals surface area contributed by atoms with Gasteiger partial charge >= 0.3 is 0 Å². The Labute approximate surface area is 157 Å². The van der Waals surface area contributed by atoms with Gasteiger partial charge in [0.2, 0.25) is 5.91 Å². The summed E-state index contributed by atoms with van der Waals surface area (Å²) >= 11 is 1.47. The van der Waals surface area contributed by atoms with E-state index in [4.69, 9.17) is 0 Å². The summed E-state index contributed by atoms with van der Waals surface area (Å²) in [5.74, 6) is 0.612. The monoisotopic (exact) mass is 375 g/mol. The molecular formula is C17H25N7OS. The summed E-state index contributed by atoms with van der Waals surface area (Å²) in [7, 11) is 4.06. The van der Waals surface area contributed by atoms with Gasteiger partial charge in [-0.25, -0.2) is 4.98 Å². The third-order valence-corrected chi connectivity index (χ3v) is 6.03. The average molecular weight is 376 g/mol. The van der Waals surface area contributed by atoms with Crippen molar-refractivity contribution in [3.05, 3.63) is 23.5 Å². The molecule has 0 spiro atoms. The fourth-order valence-corrected chi connectivity index (χ4v) is 4.68. The van der Waals surface area contributed by atoms with Crippen LogP contribution in [0.3, 0.4) is 0 Å². The van der Waals surface area contributed by atoms with Crippen LogP contribution in [0.15, 0.2) is 17.8 Å². The van der Waals surface area contributed by atoms with Gasteiger partial charge in [-0.2, -0.15) is 0 Å². The van der Waals surface area contributed by atoms with E-state index in [1.54, 1.807) is 6.20 Å². The van der Waals surface area contributed by atoms with Crippen LogP contribution in [0.2, 0.25) is 0 Å². The number of piperidine rings is 3. The molecular weight excluding hydrogens is 350 g/mol. The van der Waals surface area contributed by atoms with Crippen LogP contribution >= 0.6 is 11.3 Å². The van der Waals surface area contributed by atoms with E-state index in [9.17, 15) is 4.79 Å². The molecule has 9 heteroatoms. The summed E-state index contributed by atoms with van der Waals surface area (Å²) in [5, 5.41) is 14.1. The highest BCUT2D eigenvalue weighted by Gasteiger charge is 2.43. The summed E-state index contributed by atoms with van der Waals surface area (Å²) < 4.78 is 1.95. The second kappa shape index (κ2) is 7.42. The normalized spacial score (nSPS) is 27.8. The molecule has 140 valence electrons. The zero-order valence-corrected chi connectivity index (χ0v) is 16.0. The number of hydrogen-bond acceptors (Lipinski definition) is 7. The molecule has 2 aromatic heterocycles. The molecule has 2 bridgehead atoms. The van der Waals surface area contributed by atoms with Crippen molar-refractivity contribution in [1.29, 1.82) is 0 Å². The second-order valence-corrected chi connectivity index (χ2v) is 8.43. The molecule has 5 heterocycles. The van der Waals surface area contributed by atoms with E-state index in [0.717, 1.165) is 44.7 Å². The predicted molar refractivity (Wildman–Crippen MR) is 99.7 cm³/mol. The minimum atomic E-state index is 0.0592. The molecule has 0 saturated carbocycles. The van der Waals surface area contributed by atoms with E-state index in [-0.39, 0.29) is 11.8 Å². The van der Waals surface area contributed by atoms with Crippen LogP contribution in [-0.4, -0.2) is 68.9 Å². The van der Waals surface area contributed by atoms with E-state index in [2.05, 4.69) is 30.4 Å². The molecule has 0 radical (unpaired) electrons. The van der Waals surface area contributed by atoms with Gasteiger partial charge in [-0.15, -0.1) is 16.4 Å². The van der Waals surface area contributed by atoms with Crippen molar-refractivity contribution in [3.8, 4) is 0 Å². The number of rotatable bonds is 6. The van der Waals surface area contributed by atoms with E-state index in [1.165, 1.54) is 11.3 Å². The quantitative estimate of drug-likeness (QED) is 0.816. The third-order valence-electron chi connectivity index (χ3n) is 5.34. The van der Waals surface area contributed by atoms with E-state index in [1.807, 2.05) is 30.4 Å². The first-order chi connectivity index (χ1) is 12.6. The van der Waals surface area contributed by atoms with Crippen molar-refractivity contribution in [2.24, 2.45) is 11.8 Å². The number of carbonyl (C=O) groups is 1. The van der Waals surface area contributed by atoms with Crippen LogP contribution in [-0.2, 0) is 17.9 Å². The SMILES string of the molecule is CN(C)Cc1cn(C[C@H]2CC3CCN2C[C@@H]3C(=O)Nc2nccs2)nn1. The minimum absolute atomic E-state index is 0.0592.